The number of anilines is 1. The second-order valence-electron chi connectivity index (χ2n) is 7.77. The molecular formula is C25H23ClFN5O5. The Labute approximate surface area is 215 Å². The summed E-state index contributed by atoms with van der Waals surface area (Å²) in [6.07, 6.45) is 4.08. The highest BCUT2D eigenvalue weighted by Crippen LogP contribution is 2.41. The lowest BCUT2D eigenvalue weighted by Gasteiger charge is -2.14. The average molecular weight is 528 g/mol. The molecule has 0 saturated carbocycles. The second kappa shape index (κ2) is 10.8. The Kier molecular flexibility index (Phi) is 7.55. The van der Waals surface area contributed by atoms with Gasteiger partial charge in [-0.2, -0.15) is 5.10 Å². The summed E-state index contributed by atoms with van der Waals surface area (Å²) >= 11 is 6.38. The van der Waals surface area contributed by atoms with Gasteiger partial charge in [0.2, 0.25) is 5.91 Å². The highest BCUT2D eigenvalue weighted by atomic mass is 35.5. The van der Waals surface area contributed by atoms with E-state index in [1.165, 1.54) is 32.7 Å². The number of halogens is 2. The molecule has 4 rings (SSSR count). The average Bonchev–Trinajstić information content (AvgIpc) is 3.29. The van der Waals surface area contributed by atoms with Crippen LogP contribution in [0, 0.1) is 5.82 Å². The van der Waals surface area contributed by atoms with Crippen molar-refractivity contribution >= 4 is 34.0 Å². The number of fused-ring (bicyclic) bond motifs is 1. The number of ether oxygens (including phenoxy) is 3. The minimum atomic E-state index is -0.752. The summed E-state index contributed by atoms with van der Waals surface area (Å²) in [5, 5.41) is 7.69. The Balaban J connectivity index is 1.87. The largest absolute Gasteiger partial charge is 0.495 e. The molecule has 0 bridgehead atoms. The van der Waals surface area contributed by atoms with Crippen molar-refractivity contribution < 1.29 is 23.4 Å². The predicted octanol–water partition coefficient (Wildman–Crippen LogP) is 4.03. The molecule has 10 nitrogen and oxygen atoms in total. The normalized spacial score (nSPS) is 10.9. The lowest BCUT2D eigenvalue weighted by Crippen LogP contribution is -2.12. The van der Waals surface area contributed by atoms with Gasteiger partial charge in [0.1, 0.15) is 11.4 Å². The molecule has 1 aromatic carbocycles. The van der Waals surface area contributed by atoms with E-state index in [0.717, 1.165) is 6.08 Å². The summed E-state index contributed by atoms with van der Waals surface area (Å²) in [5.74, 6) is -1.09. The van der Waals surface area contributed by atoms with Crippen LogP contribution in [0.5, 0.6) is 11.5 Å². The van der Waals surface area contributed by atoms with E-state index >= 15 is 4.39 Å². The number of rotatable bonds is 9. The first kappa shape index (κ1) is 25.9. The molecule has 37 heavy (non-hydrogen) atoms. The number of hydrogen-bond acceptors (Lipinski definition) is 7. The van der Waals surface area contributed by atoms with Crippen LogP contribution in [0.4, 0.5) is 10.1 Å². The smallest absolute Gasteiger partial charge is 0.256 e. The number of nitrogens with one attached hydrogen (secondary N) is 2. The Morgan fingerprint density at radius 2 is 1.97 bits per heavy atom. The van der Waals surface area contributed by atoms with Crippen molar-refractivity contribution in [3.8, 4) is 34.1 Å². The number of hydrogen-bond donors (Lipinski definition) is 2. The SMILES string of the molecule is C=CC(=O)Nc1cnn(CCOC)c1-c1cc2c(=O)[nH]c(-c3c(F)c(OC)cc(OC)c3Cl)cc2cn1. The first-order valence-electron chi connectivity index (χ1n) is 10.9. The maximum atomic E-state index is 15.2. The molecule has 0 fully saturated rings. The van der Waals surface area contributed by atoms with Crippen LogP contribution in [0.25, 0.3) is 33.4 Å². The van der Waals surface area contributed by atoms with Crippen molar-refractivity contribution in [2.75, 3.05) is 33.3 Å². The topological polar surface area (TPSA) is 120 Å². The van der Waals surface area contributed by atoms with Gasteiger partial charge >= 0.3 is 0 Å². The Hall–Kier alpha value is -4.22. The number of H-pyrrole nitrogens is 1. The fourth-order valence-electron chi connectivity index (χ4n) is 3.82. The van der Waals surface area contributed by atoms with Gasteiger partial charge in [-0.25, -0.2) is 4.39 Å². The number of nitrogens with zero attached hydrogens (tertiary/aromatic N) is 3. The highest BCUT2D eigenvalue weighted by molar-refractivity contribution is 6.35. The molecule has 192 valence electrons. The molecule has 0 aliphatic rings. The maximum absolute atomic E-state index is 15.2. The molecule has 0 aliphatic heterocycles. The zero-order valence-corrected chi connectivity index (χ0v) is 21.0. The zero-order valence-electron chi connectivity index (χ0n) is 20.2. The molecular weight excluding hydrogens is 505 g/mol. The fourth-order valence-corrected chi connectivity index (χ4v) is 4.14. The number of aromatic amines is 1. The summed E-state index contributed by atoms with van der Waals surface area (Å²) in [4.78, 5) is 32.3. The lowest BCUT2D eigenvalue weighted by molar-refractivity contribution is -0.111. The molecule has 0 atom stereocenters. The van der Waals surface area contributed by atoms with Crippen molar-refractivity contribution in [1.29, 1.82) is 0 Å². The van der Waals surface area contributed by atoms with Gasteiger partial charge in [0, 0.05) is 24.8 Å². The highest BCUT2D eigenvalue weighted by Gasteiger charge is 2.22. The summed E-state index contributed by atoms with van der Waals surface area (Å²) < 4.78 is 32.3. The van der Waals surface area contributed by atoms with Crippen LogP contribution in [-0.2, 0) is 16.1 Å². The third-order valence-corrected chi connectivity index (χ3v) is 5.98. The first-order chi connectivity index (χ1) is 17.8. The van der Waals surface area contributed by atoms with Gasteiger partial charge in [-0.05, 0) is 18.2 Å². The van der Waals surface area contributed by atoms with Gasteiger partial charge in [-0.3, -0.25) is 19.3 Å². The van der Waals surface area contributed by atoms with Crippen LogP contribution in [0.3, 0.4) is 0 Å². The molecule has 0 unspecified atom stereocenters. The molecule has 0 aliphatic carbocycles. The number of amides is 1. The van der Waals surface area contributed by atoms with Gasteiger partial charge in [-0.15, -0.1) is 0 Å². The van der Waals surface area contributed by atoms with Crippen molar-refractivity contribution in [1.82, 2.24) is 19.7 Å². The van der Waals surface area contributed by atoms with E-state index in [-0.39, 0.29) is 33.2 Å². The number of carbonyl (C=O) groups excluding carboxylic acids is 1. The number of aromatic nitrogens is 4. The van der Waals surface area contributed by atoms with Crippen LogP contribution < -0.4 is 20.3 Å². The zero-order chi connectivity index (χ0) is 26.7. The van der Waals surface area contributed by atoms with Crippen LogP contribution in [-0.4, -0.2) is 53.6 Å². The maximum Gasteiger partial charge on any atom is 0.256 e. The quantitative estimate of drug-likeness (QED) is 0.315. The van der Waals surface area contributed by atoms with Gasteiger partial charge in [-0.1, -0.05) is 18.2 Å². The third-order valence-electron chi connectivity index (χ3n) is 5.60. The van der Waals surface area contributed by atoms with E-state index in [1.54, 1.807) is 23.9 Å². The van der Waals surface area contributed by atoms with Gasteiger partial charge in [0.15, 0.2) is 11.6 Å². The first-order valence-corrected chi connectivity index (χ1v) is 11.3. The summed E-state index contributed by atoms with van der Waals surface area (Å²) in [7, 11) is 4.26. The minimum Gasteiger partial charge on any atom is -0.495 e. The van der Waals surface area contributed by atoms with Gasteiger partial charge in [0.25, 0.3) is 5.56 Å². The lowest BCUT2D eigenvalue weighted by atomic mass is 10.1. The number of carbonyl (C=O) groups is 1. The van der Waals surface area contributed by atoms with Gasteiger partial charge in [0.05, 0.1) is 66.6 Å². The van der Waals surface area contributed by atoms with E-state index in [2.05, 4.69) is 27.0 Å². The molecule has 3 heterocycles. The molecule has 0 radical (unpaired) electrons. The van der Waals surface area contributed by atoms with Crippen molar-refractivity contribution in [3.05, 3.63) is 64.4 Å². The number of pyridine rings is 2. The molecule has 2 N–H and O–H groups in total. The third kappa shape index (κ3) is 4.91. The molecule has 12 heteroatoms. The number of methoxy groups -OCH3 is 3. The fraction of sp³-hybridized carbons (Fsp3) is 0.200. The van der Waals surface area contributed by atoms with E-state index < -0.39 is 17.3 Å². The van der Waals surface area contributed by atoms with Crippen LogP contribution in [0.15, 0.2) is 48.0 Å². The van der Waals surface area contributed by atoms with E-state index in [9.17, 15) is 9.59 Å². The van der Waals surface area contributed by atoms with Crippen LogP contribution >= 0.6 is 11.6 Å². The van der Waals surface area contributed by atoms with Gasteiger partial charge < -0.3 is 24.5 Å². The van der Waals surface area contributed by atoms with E-state index in [0.29, 0.717) is 35.6 Å². The molecule has 0 saturated heterocycles. The van der Waals surface area contributed by atoms with Crippen LogP contribution in [0.2, 0.25) is 5.02 Å². The summed E-state index contributed by atoms with van der Waals surface area (Å²) in [6, 6.07) is 4.44. The molecule has 0 spiro atoms. The van der Waals surface area contributed by atoms with Crippen molar-refractivity contribution in [2.24, 2.45) is 0 Å². The molecule has 1 amide bonds. The summed E-state index contributed by atoms with van der Waals surface area (Å²) in [5.41, 5.74) is 0.783. The van der Waals surface area contributed by atoms with Crippen LogP contribution in [0.1, 0.15) is 0 Å². The standard InChI is InChI=1S/C25H23ClFN5O5/c1-5-20(33)30-17-12-29-32(6-7-35-2)24(17)16-9-14-13(11-28-16)8-15(31-25(14)34)21-22(26)18(36-3)10-19(37-4)23(21)27/h5,8-12H,1,6-7H2,2-4H3,(H,30,33)(H,31,34). The van der Waals surface area contributed by atoms with E-state index in [1.807, 2.05) is 0 Å². The second-order valence-corrected chi connectivity index (χ2v) is 8.15. The summed E-state index contributed by atoms with van der Waals surface area (Å²) in [6.45, 7) is 4.20. The van der Waals surface area contributed by atoms with Crippen molar-refractivity contribution in [3.63, 3.8) is 0 Å². The van der Waals surface area contributed by atoms with Crippen molar-refractivity contribution in [2.45, 2.75) is 6.54 Å². The minimum absolute atomic E-state index is 0.0231. The Morgan fingerprint density at radius 1 is 1.22 bits per heavy atom. The molecule has 3 aromatic heterocycles. The Bertz CT molecular complexity index is 1540. The Morgan fingerprint density at radius 3 is 2.65 bits per heavy atom. The van der Waals surface area contributed by atoms with E-state index in [4.69, 9.17) is 25.8 Å². The monoisotopic (exact) mass is 527 g/mol. The molecule has 4 aromatic rings. The predicted molar refractivity (Wildman–Crippen MR) is 138 cm³/mol. The number of benzene rings is 1.